The van der Waals surface area contributed by atoms with E-state index in [0.717, 1.165) is 43.8 Å². The zero-order valence-corrected chi connectivity index (χ0v) is 17.5. The van der Waals surface area contributed by atoms with Crippen LogP contribution in [0.4, 0.5) is 0 Å². The first-order valence-corrected chi connectivity index (χ1v) is 11.5. The van der Waals surface area contributed by atoms with Gasteiger partial charge >= 0.3 is 0 Å². The fourth-order valence-electron chi connectivity index (χ4n) is 3.61. The molecule has 0 bridgehead atoms. The molecule has 2 aromatic carbocycles. The van der Waals surface area contributed by atoms with Crippen LogP contribution in [0.15, 0.2) is 53.4 Å². The molecule has 28 heavy (non-hydrogen) atoms. The number of hydrogen-bond acceptors (Lipinski definition) is 4. The predicted molar refractivity (Wildman–Crippen MR) is 112 cm³/mol. The molecule has 0 unspecified atom stereocenters. The molecule has 1 heterocycles. The SMILES string of the molecule is CCOc1ccc(S(=O)(=O)NCC2CCN(Cc3ccccc3)CC2)cc1C. The van der Waals surface area contributed by atoms with Crippen LogP contribution in [0.1, 0.15) is 30.9 Å². The lowest BCUT2D eigenvalue weighted by Gasteiger charge is -2.32. The predicted octanol–water partition coefficient (Wildman–Crippen LogP) is 3.58. The van der Waals surface area contributed by atoms with Crippen molar-refractivity contribution in [3.63, 3.8) is 0 Å². The highest BCUT2D eigenvalue weighted by atomic mass is 32.2. The van der Waals surface area contributed by atoms with Gasteiger partial charge in [0.1, 0.15) is 5.75 Å². The van der Waals surface area contributed by atoms with Gasteiger partial charge in [-0.05, 0) is 75.0 Å². The Morgan fingerprint density at radius 2 is 1.82 bits per heavy atom. The van der Waals surface area contributed by atoms with Crippen LogP contribution in [0.2, 0.25) is 0 Å². The number of ether oxygens (including phenoxy) is 1. The summed E-state index contributed by atoms with van der Waals surface area (Å²) in [5.74, 6) is 1.11. The monoisotopic (exact) mass is 402 g/mol. The molecule has 1 aliphatic rings. The minimum atomic E-state index is -3.50. The Morgan fingerprint density at radius 1 is 1.11 bits per heavy atom. The lowest BCUT2D eigenvalue weighted by Crippen LogP contribution is -2.38. The summed E-state index contributed by atoms with van der Waals surface area (Å²) >= 11 is 0. The van der Waals surface area contributed by atoms with Gasteiger partial charge in [-0.3, -0.25) is 4.90 Å². The molecule has 152 valence electrons. The third kappa shape index (κ3) is 5.56. The van der Waals surface area contributed by atoms with Crippen LogP contribution >= 0.6 is 0 Å². The maximum atomic E-state index is 12.6. The Labute approximate surface area is 168 Å². The molecule has 2 aromatic rings. The maximum absolute atomic E-state index is 12.6. The average Bonchev–Trinajstić information content (AvgIpc) is 2.70. The molecule has 0 atom stereocenters. The van der Waals surface area contributed by atoms with E-state index in [1.807, 2.05) is 19.9 Å². The van der Waals surface area contributed by atoms with Crippen molar-refractivity contribution < 1.29 is 13.2 Å². The number of nitrogens with one attached hydrogen (secondary N) is 1. The molecule has 1 N–H and O–H groups in total. The lowest BCUT2D eigenvalue weighted by molar-refractivity contribution is 0.178. The molecule has 0 radical (unpaired) electrons. The molecule has 0 aliphatic carbocycles. The van der Waals surface area contributed by atoms with Crippen molar-refractivity contribution in [1.29, 1.82) is 0 Å². The minimum Gasteiger partial charge on any atom is -0.494 e. The number of aryl methyl sites for hydroxylation is 1. The molecule has 1 aliphatic heterocycles. The van der Waals surface area contributed by atoms with Gasteiger partial charge in [0.25, 0.3) is 0 Å². The van der Waals surface area contributed by atoms with Crippen molar-refractivity contribution in [2.45, 2.75) is 38.1 Å². The zero-order valence-electron chi connectivity index (χ0n) is 16.7. The third-order valence-corrected chi connectivity index (χ3v) is 6.70. The van der Waals surface area contributed by atoms with Gasteiger partial charge in [-0.25, -0.2) is 13.1 Å². The van der Waals surface area contributed by atoms with Crippen molar-refractivity contribution in [2.75, 3.05) is 26.2 Å². The molecule has 0 spiro atoms. The fraction of sp³-hybridized carbons (Fsp3) is 0.455. The molecule has 5 nitrogen and oxygen atoms in total. The second-order valence-corrected chi connectivity index (χ2v) is 9.18. The summed E-state index contributed by atoms with van der Waals surface area (Å²) in [6.07, 6.45) is 2.02. The molecule has 1 fully saturated rings. The second kappa shape index (κ2) is 9.54. The van der Waals surface area contributed by atoms with Crippen LogP contribution in [-0.4, -0.2) is 39.6 Å². The van der Waals surface area contributed by atoms with E-state index in [4.69, 9.17) is 4.74 Å². The molecule has 3 rings (SSSR count). The summed E-state index contributed by atoms with van der Waals surface area (Å²) in [6.45, 7) is 7.81. The van der Waals surface area contributed by atoms with Gasteiger partial charge in [0.2, 0.25) is 10.0 Å². The van der Waals surface area contributed by atoms with Crippen LogP contribution < -0.4 is 9.46 Å². The van der Waals surface area contributed by atoms with Crippen LogP contribution in [-0.2, 0) is 16.6 Å². The van der Waals surface area contributed by atoms with Crippen LogP contribution in [0, 0.1) is 12.8 Å². The normalized spacial score (nSPS) is 16.2. The van der Waals surface area contributed by atoms with Crippen LogP contribution in [0.25, 0.3) is 0 Å². The van der Waals surface area contributed by atoms with E-state index in [1.165, 1.54) is 5.56 Å². The van der Waals surface area contributed by atoms with Crippen molar-refractivity contribution in [2.24, 2.45) is 5.92 Å². The van der Waals surface area contributed by atoms with Crippen molar-refractivity contribution in [3.8, 4) is 5.75 Å². The highest BCUT2D eigenvalue weighted by Gasteiger charge is 2.22. The Hall–Kier alpha value is -1.89. The van der Waals surface area contributed by atoms with E-state index in [9.17, 15) is 8.42 Å². The zero-order chi connectivity index (χ0) is 20.0. The number of nitrogens with zero attached hydrogens (tertiary/aromatic N) is 1. The quantitative estimate of drug-likeness (QED) is 0.733. The number of piperidine rings is 1. The molecule has 6 heteroatoms. The van der Waals surface area contributed by atoms with Gasteiger partial charge < -0.3 is 4.74 Å². The number of likely N-dealkylation sites (tertiary alicyclic amines) is 1. The first-order valence-electron chi connectivity index (χ1n) is 9.97. The molecule has 1 saturated heterocycles. The van der Waals surface area contributed by atoms with Gasteiger partial charge in [0, 0.05) is 13.1 Å². The Balaban J connectivity index is 1.49. The second-order valence-electron chi connectivity index (χ2n) is 7.42. The van der Waals surface area contributed by atoms with E-state index < -0.39 is 10.0 Å². The average molecular weight is 403 g/mol. The summed E-state index contributed by atoms with van der Waals surface area (Å²) in [7, 11) is -3.50. The first kappa shape index (κ1) is 20.8. The van der Waals surface area contributed by atoms with Gasteiger partial charge in [-0.1, -0.05) is 30.3 Å². The number of hydrogen-bond donors (Lipinski definition) is 1. The molecule has 0 aromatic heterocycles. The van der Waals surface area contributed by atoms with E-state index in [2.05, 4.69) is 33.9 Å². The van der Waals surface area contributed by atoms with Gasteiger partial charge in [-0.2, -0.15) is 0 Å². The van der Waals surface area contributed by atoms with E-state index in [-0.39, 0.29) is 0 Å². The summed E-state index contributed by atoms with van der Waals surface area (Å²) in [6, 6.07) is 15.5. The van der Waals surface area contributed by atoms with Gasteiger partial charge in [0.15, 0.2) is 0 Å². The van der Waals surface area contributed by atoms with Crippen LogP contribution in [0.3, 0.4) is 0 Å². The number of rotatable bonds is 8. The summed E-state index contributed by atoms with van der Waals surface area (Å²) in [5, 5.41) is 0. The largest absolute Gasteiger partial charge is 0.494 e. The highest BCUT2D eigenvalue weighted by Crippen LogP contribution is 2.23. The number of benzene rings is 2. The number of sulfonamides is 1. The van der Waals surface area contributed by atoms with E-state index >= 15 is 0 Å². The Bertz CT molecular complexity index is 861. The third-order valence-electron chi connectivity index (χ3n) is 5.27. The molecular weight excluding hydrogens is 372 g/mol. The molecule has 0 amide bonds. The molecular formula is C22H30N2O3S. The first-order chi connectivity index (χ1) is 13.5. The topological polar surface area (TPSA) is 58.6 Å². The minimum absolute atomic E-state index is 0.301. The standard InChI is InChI=1S/C22H30N2O3S/c1-3-27-22-10-9-21(15-18(22)2)28(25,26)23-16-19-11-13-24(14-12-19)17-20-7-5-4-6-8-20/h4-10,15,19,23H,3,11-14,16-17H2,1-2H3. The van der Waals surface area contributed by atoms with Crippen molar-refractivity contribution in [3.05, 3.63) is 59.7 Å². The Morgan fingerprint density at radius 3 is 2.46 bits per heavy atom. The fourth-order valence-corrected chi connectivity index (χ4v) is 4.81. The lowest BCUT2D eigenvalue weighted by atomic mass is 9.97. The summed E-state index contributed by atoms with van der Waals surface area (Å²) in [5.41, 5.74) is 2.16. The van der Waals surface area contributed by atoms with Crippen molar-refractivity contribution >= 4 is 10.0 Å². The summed E-state index contributed by atoms with van der Waals surface area (Å²) < 4.78 is 33.6. The van der Waals surface area contributed by atoms with Crippen LogP contribution in [0.5, 0.6) is 5.75 Å². The van der Waals surface area contributed by atoms with E-state index in [1.54, 1.807) is 18.2 Å². The van der Waals surface area contributed by atoms with Crippen molar-refractivity contribution in [1.82, 2.24) is 9.62 Å². The Kier molecular flexibility index (Phi) is 7.10. The highest BCUT2D eigenvalue weighted by molar-refractivity contribution is 7.89. The maximum Gasteiger partial charge on any atom is 0.240 e. The summed E-state index contributed by atoms with van der Waals surface area (Å²) in [4.78, 5) is 2.74. The smallest absolute Gasteiger partial charge is 0.240 e. The van der Waals surface area contributed by atoms with Gasteiger partial charge in [0.05, 0.1) is 11.5 Å². The molecule has 0 saturated carbocycles. The van der Waals surface area contributed by atoms with E-state index in [0.29, 0.717) is 24.0 Å². The van der Waals surface area contributed by atoms with Gasteiger partial charge in [-0.15, -0.1) is 0 Å².